The summed E-state index contributed by atoms with van der Waals surface area (Å²) >= 11 is 0. The van der Waals surface area contributed by atoms with Gasteiger partial charge in [-0.2, -0.15) is 0 Å². The van der Waals surface area contributed by atoms with Gasteiger partial charge in [-0.15, -0.1) is 0 Å². The minimum atomic E-state index is -0.717. The number of imidazole rings is 1. The maximum atomic E-state index is 13.6. The van der Waals surface area contributed by atoms with Crippen molar-refractivity contribution in [1.82, 2.24) is 14.5 Å². The molecule has 1 aliphatic heterocycles. The van der Waals surface area contributed by atoms with Crippen molar-refractivity contribution in [1.29, 1.82) is 0 Å². The number of esters is 1. The summed E-state index contributed by atoms with van der Waals surface area (Å²) in [6.45, 7) is 6.19. The van der Waals surface area contributed by atoms with E-state index in [1.807, 2.05) is 22.9 Å². The van der Waals surface area contributed by atoms with E-state index >= 15 is 0 Å². The zero-order valence-corrected chi connectivity index (χ0v) is 18.3. The number of ether oxygens (including phenoxy) is 1. The van der Waals surface area contributed by atoms with Crippen LogP contribution in [0.25, 0.3) is 28.7 Å². The molecule has 4 rings (SSSR count). The maximum absolute atomic E-state index is 13.6. The molecule has 0 aliphatic carbocycles. The molecule has 7 heteroatoms. The van der Waals surface area contributed by atoms with E-state index in [1.54, 1.807) is 30.6 Å². The van der Waals surface area contributed by atoms with E-state index in [9.17, 15) is 14.3 Å². The number of pyridine rings is 1. The molecule has 2 aromatic heterocycles. The monoisotopic (exact) mass is 435 g/mol. The number of benzene rings is 1. The lowest BCUT2D eigenvalue weighted by molar-refractivity contribution is -0.156. The van der Waals surface area contributed by atoms with Gasteiger partial charge in [0.05, 0.1) is 23.9 Å². The Bertz CT molecular complexity index is 1130. The molecule has 3 heterocycles. The number of cyclic esters (lactones) is 1. The quantitative estimate of drug-likeness (QED) is 0.607. The Morgan fingerprint density at radius 3 is 2.44 bits per heavy atom. The second kappa shape index (κ2) is 8.67. The zero-order chi connectivity index (χ0) is 22.9. The summed E-state index contributed by atoms with van der Waals surface area (Å²) < 4.78 is 20.9. The van der Waals surface area contributed by atoms with E-state index in [4.69, 9.17) is 9.72 Å². The molecule has 0 amide bonds. The van der Waals surface area contributed by atoms with Crippen LogP contribution in [0, 0.1) is 5.82 Å². The molecule has 0 bridgehead atoms. The van der Waals surface area contributed by atoms with Crippen molar-refractivity contribution in [3.63, 3.8) is 0 Å². The second-order valence-electron chi connectivity index (χ2n) is 8.96. The van der Waals surface area contributed by atoms with Gasteiger partial charge >= 0.3 is 5.97 Å². The highest BCUT2D eigenvalue weighted by Crippen LogP contribution is 2.37. The van der Waals surface area contributed by atoms with Crippen molar-refractivity contribution in [3.8, 4) is 22.5 Å². The number of rotatable bonds is 4. The van der Waals surface area contributed by atoms with Crippen LogP contribution in [0.15, 0.2) is 54.9 Å². The third-order valence-electron chi connectivity index (χ3n) is 5.29. The van der Waals surface area contributed by atoms with Crippen LogP contribution in [-0.4, -0.2) is 37.8 Å². The van der Waals surface area contributed by atoms with Gasteiger partial charge in [0.25, 0.3) is 0 Å². The van der Waals surface area contributed by atoms with E-state index in [0.717, 1.165) is 22.6 Å². The first-order valence-corrected chi connectivity index (χ1v) is 10.6. The van der Waals surface area contributed by atoms with Crippen LogP contribution < -0.4 is 0 Å². The number of aromatic nitrogens is 3. The number of nitrogens with zero attached hydrogens (tertiary/aromatic N) is 3. The minimum absolute atomic E-state index is 0.0135. The molecule has 1 N–H and O–H groups in total. The van der Waals surface area contributed by atoms with Gasteiger partial charge in [0.15, 0.2) is 0 Å². The minimum Gasteiger partial charge on any atom is -0.458 e. The SMILES string of the molecule is CC(C)(C)c1nc(-c2ccc(F)cc2)c(-c2ccncc2)n1/C=C/[C@H]1C[C@H](O)CC(=O)O1. The molecule has 0 radical (unpaired) electrons. The van der Waals surface area contributed by atoms with Gasteiger partial charge in [-0.05, 0) is 42.5 Å². The van der Waals surface area contributed by atoms with Crippen LogP contribution in [0.4, 0.5) is 4.39 Å². The van der Waals surface area contributed by atoms with Gasteiger partial charge < -0.3 is 14.4 Å². The number of halogens is 1. The lowest BCUT2D eigenvalue weighted by atomic mass is 9.95. The van der Waals surface area contributed by atoms with Crippen molar-refractivity contribution in [2.24, 2.45) is 0 Å². The number of carbonyl (C=O) groups is 1. The molecule has 1 aliphatic rings. The first-order chi connectivity index (χ1) is 15.2. The average Bonchev–Trinajstić information content (AvgIpc) is 3.13. The first-order valence-electron chi connectivity index (χ1n) is 10.6. The van der Waals surface area contributed by atoms with Gasteiger partial charge in [-0.3, -0.25) is 9.78 Å². The fraction of sp³-hybridized carbons (Fsp3) is 0.320. The van der Waals surface area contributed by atoms with E-state index < -0.39 is 18.2 Å². The number of hydrogen-bond acceptors (Lipinski definition) is 5. The van der Waals surface area contributed by atoms with Crippen molar-refractivity contribution >= 4 is 12.2 Å². The van der Waals surface area contributed by atoms with E-state index in [-0.39, 0.29) is 17.7 Å². The van der Waals surface area contributed by atoms with Crippen LogP contribution in [-0.2, 0) is 14.9 Å². The van der Waals surface area contributed by atoms with Crippen LogP contribution in [0.5, 0.6) is 0 Å². The Balaban J connectivity index is 1.89. The van der Waals surface area contributed by atoms with Crippen LogP contribution in [0.2, 0.25) is 0 Å². The number of aliphatic hydroxyl groups excluding tert-OH is 1. The Labute approximate surface area is 186 Å². The Kier molecular flexibility index (Phi) is 5.93. The van der Waals surface area contributed by atoms with E-state index in [0.29, 0.717) is 12.1 Å². The molecule has 1 fully saturated rings. The van der Waals surface area contributed by atoms with Crippen molar-refractivity contribution in [2.45, 2.75) is 51.2 Å². The third-order valence-corrected chi connectivity index (χ3v) is 5.29. The number of hydrogen-bond donors (Lipinski definition) is 1. The molecule has 166 valence electrons. The van der Waals surface area contributed by atoms with E-state index in [1.165, 1.54) is 12.1 Å². The molecule has 0 saturated carbocycles. The van der Waals surface area contributed by atoms with Crippen LogP contribution in [0.1, 0.15) is 39.4 Å². The zero-order valence-electron chi connectivity index (χ0n) is 18.3. The second-order valence-corrected chi connectivity index (χ2v) is 8.96. The molecule has 0 unspecified atom stereocenters. The lowest BCUT2D eigenvalue weighted by Crippen LogP contribution is -2.31. The normalized spacial score (nSPS) is 19.3. The summed E-state index contributed by atoms with van der Waals surface area (Å²) in [7, 11) is 0. The molecule has 6 nitrogen and oxygen atoms in total. The highest BCUT2D eigenvalue weighted by atomic mass is 19.1. The molecule has 3 aromatic rings. The smallest absolute Gasteiger partial charge is 0.309 e. The molecule has 1 saturated heterocycles. The lowest BCUT2D eigenvalue weighted by Gasteiger charge is -2.24. The highest BCUT2D eigenvalue weighted by molar-refractivity contribution is 5.80. The number of carbonyl (C=O) groups excluding carboxylic acids is 1. The predicted octanol–water partition coefficient (Wildman–Crippen LogP) is 4.59. The van der Waals surface area contributed by atoms with Crippen molar-refractivity contribution in [2.75, 3.05) is 0 Å². The summed E-state index contributed by atoms with van der Waals surface area (Å²) in [4.78, 5) is 20.8. The number of aliphatic hydroxyl groups is 1. The average molecular weight is 435 g/mol. The molecule has 2 atom stereocenters. The van der Waals surface area contributed by atoms with E-state index in [2.05, 4.69) is 25.8 Å². The Morgan fingerprint density at radius 1 is 1.12 bits per heavy atom. The standard InChI is InChI=1S/C25H26FN3O3/c1-25(2,3)24-28-22(16-4-6-18(26)7-5-16)23(17-8-11-27-12-9-17)29(24)13-10-20-14-19(30)15-21(31)32-20/h4-13,19-20,30H,14-15H2,1-3H3/b13-10+/t19-,20-/m0/s1. The first kappa shape index (κ1) is 21.9. The molecular formula is C25H26FN3O3. The summed E-state index contributed by atoms with van der Waals surface area (Å²) in [6, 6.07) is 10.0. The summed E-state index contributed by atoms with van der Waals surface area (Å²) in [5.74, 6) is 0.0660. The Hall–Kier alpha value is -3.32. The summed E-state index contributed by atoms with van der Waals surface area (Å²) in [5.41, 5.74) is 2.91. The summed E-state index contributed by atoms with van der Waals surface area (Å²) in [6.07, 6.45) is 6.15. The topological polar surface area (TPSA) is 77.2 Å². The summed E-state index contributed by atoms with van der Waals surface area (Å²) in [5, 5.41) is 9.95. The largest absolute Gasteiger partial charge is 0.458 e. The van der Waals surface area contributed by atoms with Crippen LogP contribution in [0.3, 0.4) is 0 Å². The molecular weight excluding hydrogens is 409 g/mol. The maximum Gasteiger partial charge on any atom is 0.309 e. The molecule has 1 aromatic carbocycles. The van der Waals surface area contributed by atoms with Gasteiger partial charge in [-0.25, -0.2) is 9.37 Å². The molecule has 32 heavy (non-hydrogen) atoms. The highest BCUT2D eigenvalue weighted by Gasteiger charge is 2.28. The fourth-order valence-electron chi connectivity index (χ4n) is 3.81. The fourth-order valence-corrected chi connectivity index (χ4v) is 3.81. The van der Waals surface area contributed by atoms with Gasteiger partial charge in [0.1, 0.15) is 17.7 Å². The van der Waals surface area contributed by atoms with Crippen molar-refractivity contribution in [3.05, 3.63) is 66.5 Å². The molecule has 0 spiro atoms. The third kappa shape index (κ3) is 4.62. The van der Waals surface area contributed by atoms with Gasteiger partial charge in [-0.1, -0.05) is 20.8 Å². The van der Waals surface area contributed by atoms with Gasteiger partial charge in [0.2, 0.25) is 0 Å². The predicted molar refractivity (Wildman–Crippen MR) is 120 cm³/mol. The van der Waals surface area contributed by atoms with Gasteiger partial charge in [0, 0.05) is 41.6 Å². The Morgan fingerprint density at radius 2 is 1.81 bits per heavy atom. The van der Waals surface area contributed by atoms with Crippen molar-refractivity contribution < 1.29 is 19.0 Å². The van der Waals surface area contributed by atoms with Crippen LogP contribution >= 0.6 is 0 Å².